The van der Waals surface area contributed by atoms with Crippen molar-refractivity contribution in [2.24, 2.45) is 0 Å². The van der Waals surface area contributed by atoms with Crippen molar-refractivity contribution in [1.29, 1.82) is 0 Å². The van der Waals surface area contributed by atoms with E-state index in [9.17, 15) is 4.79 Å². The summed E-state index contributed by atoms with van der Waals surface area (Å²) in [6, 6.07) is 11.3. The summed E-state index contributed by atoms with van der Waals surface area (Å²) < 4.78 is 16.5. The number of carbonyl (C=O) groups excluding carboxylic acids is 1. The lowest BCUT2D eigenvalue weighted by Gasteiger charge is -2.18. The molecule has 1 aliphatic heterocycles. The molecule has 0 unspecified atom stereocenters. The summed E-state index contributed by atoms with van der Waals surface area (Å²) in [4.78, 5) is 12.9. The van der Waals surface area contributed by atoms with E-state index in [1.54, 1.807) is 23.5 Å². The molecule has 6 nitrogen and oxygen atoms in total. The summed E-state index contributed by atoms with van der Waals surface area (Å²) in [5.41, 5.74) is 1.49. The van der Waals surface area contributed by atoms with Gasteiger partial charge in [0, 0.05) is 22.6 Å². The summed E-state index contributed by atoms with van der Waals surface area (Å²) >= 11 is 1.58. The van der Waals surface area contributed by atoms with Crippen LogP contribution in [0.3, 0.4) is 0 Å². The second-order valence-electron chi connectivity index (χ2n) is 5.61. The smallest absolute Gasteiger partial charge is 0.244 e. The van der Waals surface area contributed by atoms with E-state index in [1.165, 1.54) is 6.08 Å². The molecule has 0 aliphatic carbocycles. The van der Waals surface area contributed by atoms with Gasteiger partial charge in [0.2, 0.25) is 5.91 Å². The number of rotatable bonds is 5. The number of benzene rings is 1. The lowest BCUT2D eigenvalue weighted by Crippen LogP contribution is -2.20. The number of carbonyl (C=O) groups is 1. The Morgan fingerprint density at radius 1 is 1.19 bits per heavy atom. The highest BCUT2D eigenvalue weighted by Crippen LogP contribution is 2.34. The van der Waals surface area contributed by atoms with Crippen molar-refractivity contribution >= 4 is 23.3 Å². The summed E-state index contributed by atoms with van der Waals surface area (Å²) in [6.07, 6.45) is 3.29. The highest BCUT2D eigenvalue weighted by atomic mass is 32.1. The number of hydrogen-bond donors (Lipinski definition) is 1. The van der Waals surface area contributed by atoms with E-state index in [2.05, 4.69) is 10.5 Å². The first-order chi connectivity index (χ1) is 12.8. The highest BCUT2D eigenvalue weighted by molar-refractivity contribution is 7.10. The molecule has 132 valence electrons. The average Bonchev–Trinajstić information content (AvgIpc) is 3.36. The van der Waals surface area contributed by atoms with Crippen molar-refractivity contribution in [3.05, 3.63) is 58.4 Å². The van der Waals surface area contributed by atoms with E-state index in [4.69, 9.17) is 14.0 Å². The van der Waals surface area contributed by atoms with Gasteiger partial charge in [0.15, 0.2) is 17.3 Å². The largest absolute Gasteiger partial charge is 0.486 e. The molecule has 26 heavy (non-hydrogen) atoms. The highest BCUT2D eigenvalue weighted by Gasteiger charge is 2.14. The zero-order valence-corrected chi connectivity index (χ0v) is 14.6. The van der Waals surface area contributed by atoms with Crippen LogP contribution in [0.25, 0.3) is 17.4 Å². The van der Waals surface area contributed by atoms with E-state index in [0.717, 1.165) is 16.2 Å². The molecule has 0 atom stereocenters. The fourth-order valence-corrected chi connectivity index (χ4v) is 3.13. The molecular formula is C19H16N2O4S. The van der Waals surface area contributed by atoms with E-state index < -0.39 is 0 Å². The lowest BCUT2D eigenvalue weighted by molar-refractivity contribution is -0.116. The van der Waals surface area contributed by atoms with Crippen LogP contribution in [0.1, 0.15) is 10.6 Å². The molecule has 1 aliphatic rings. The molecule has 0 saturated heterocycles. The van der Waals surface area contributed by atoms with Gasteiger partial charge < -0.3 is 19.3 Å². The molecular weight excluding hydrogens is 352 g/mol. The van der Waals surface area contributed by atoms with Crippen LogP contribution in [0.15, 0.2) is 52.4 Å². The summed E-state index contributed by atoms with van der Waals surface area (Å²) in [6.45, 7) is 1.38. The molecule has 0 bridgehead atoms. The topological polar surface area (TPSA) is 73.6 Å². The Labute approximate surface area is 154 Å². The number of amides is 1. The summed E-state index contributed by atoms with van der Waals surface area (Å²) in [5.74, 6) is 1.85. The molecule has 1 amide bonds. The molecule has 0 radical (unpaired) electrons. The Bertz CT molecular complexity index is 931. The fourth-order valence-electron chi connectivity index (χ4n) is 2.51. The quantitative estimate of drug-likeness (QED) is 0.698. The van der Waals surface area contributed by atoms with Crippen molar-refractivity contribution in [2.75, 3.05) is 13.2 Å². The van der Waals surface area contributed by atoms with Crippen molar-refractivity contribution < 1.29 is 18.8 Å². The van der Waals surface area contributed by atoms with Crippen molar-refractivity contribution in [2.45, 2.75) is 6.54 Å². The van der Waals surface area contributed by atoms with Crippen LogP contribution in [0.4, 0.5) is 0 Å². The van der Waals surface area contributed by atoms with Crippen molar-refractivity contribution in [3.8, 4) is 22.8 Å². The number of aromatic nitrogens is 1. The molecule has 1 aromatic carbocycles. The maximum atomic E-state index is 11.9. The third kappa shape index (κ3) is 3.78. The van der Waals surface area contributed by atoms with Crippen LogP contribution in [0.2, 0.25) is 0 Å². The van der Waals surface area contributed by atoms with Gasteiger partial charge in [-0.3, -0.25) is 4.79 Å². The minimum absolute atomic E-state index is 0.178. The Balaban J connectivity index is 1.38. The molecule has 0 saturated carbocycles. The van der Waals surface area contributed by atoms with Gasteiger partial charge in [0.1, 0.15) is 18.9 Å². The molecule has 2 aromatic heterocycles. The molecule has 3 aromatic rings. The van der Waals surface area contributed by atoms with Crippen LogP contribution in [-0.2, 0) is 11.3 Å². The third-order valence-corrected chi connectivity index (χ3v) is 4.61. The predicted molar refractivity (Wildman–Crippen MR) is 98.1 cm³/mol. The first-order valence-electron chi connectivity index (χ1n) is 8.13. The minimum Gasteiger partial charge on any atom is -0.486 e. The van der Waals surface area contributed by atoms with Crippen LogP contribution < -0.4 is 14.8 Å². The van der Waals surface area contributed by atoms with Gasteiger partial charge >= 0.3 is 0 Å². The number of nitrogens with zero attached hydrogens (tertiary/aromatic N) is 1. The predicted octanol–water partition coefficient (Wildman–Crippen LogP) is 3.50. The van der Waals surface area contributed by atoms with E-state index in [0.29, 0.717) is 37.0 Å². The van der Waals surface area contributed by atoms with Crippen LogP contribution in [-0.4, -0.2) is 24.3 Å². The Morgan fingerprint density at radius 3 is 2.92 bits per heavy atom. The molecule has 3 heterocycles. The molecule has 0 spiro atoms. The zero-order valence-electron chi connectivity index (χ0n) is 13.8. The second kappa shape index (κ2) is 7.45. The van der Waals surface area contributed by atoms with E-state index >= 15 is 0 Å². The van der Waals surface area contributed by atoms with Gasteiger partial charge in [0.25, 0.3) is 0 Å². The third-order valence-electron chi connectivity index (χ3n) is 3.77. The SMILES string of the molecule is O=C(/C=C/c1cccs1)NCc1cc(-c2ccc3c(c2)OCCO3)on1. The first kappa shape index (κ1) is 16.4. The van der Waals surface area contributed by atoms with E-state index in [1.807, 2.05) is 35.7 Å². The van der Waals surface area contributed by atoms with Gasteiger partial charge in [0.05, 0.1) is 6.54 Å². The van der Waals surface area contributed by atoms with Crippen molar-refractivity contribution in [3.63, 3.8) is 0 Å². The van der Waals surface area contributed by atoms with E-state index in [-0.39, 0.29) is 5.91 Å². The molecule has 4 rings (SSSR count). The maximum absolute atomic E-state index is 11.9. The Kier molecular flexibility index (Phi) is 4.70. The van der Waals surface area contributed by atoms with Gasteiger partial charge in [-0.05, 0) is 35.7 Å². The monoisotopic (exact) mass is 368 g/mol. The number of thiophene rings is 1. The van der Waals surface area contributed by atoms with Gasteiger partial charge in [-0.15, -0.1) is 11.3 Å². The van der Waals surface area contributed by atoms with Crippen LogP contribution >= 0.6 is 11.3 Å². The number of nitrogens with one attached hydrogen (secondary N) is 1. The molecule has 1 N–H and O–H groups in total. The standard InChI is InChI=1S/C19H16N2O4S/c22-19(6-4-15-2-1-9-26-15)20-12-14-11-17(25-21-14)13-3-5-16-18(10-13)24-8-7-23-16/h1-6,9-11H,7-8,12H2,(H,20,22)/b6-4+. The molecule has 0 fully saturated rings. The van der Waals surface area contributed by atoms with Gasteiger partial charge in [-0.2, -0.15) is 0 Å². The van der Waals surface area contributed by atoms with Gasteiger partial charge in [-0.25, -0.2) is 0 Å². The zero-order chi connectivity index (χ0) is 17.8. The summed E-state index contributed by atoms with van der Waals surface area (Å²) in [5, 5.41) is 8.76. The Morgan fingerprint density at radius 2 is 2.08 bits per heavy atom. The first-order valence-corrected chi connectivity index (χ1v) is 9.01. The van der Waals surface area contributed by atoms with Gasteiger partial charge in [-0.1, -0.05) is 11.2 Å². The van der Waals surface area contributed by atoms with Crippen molar-refractivity contribution in [1.82, 2.24) is 10.5 Å². The fraction of sp³-hybridized carbons (Fsp3) is 0.158. The average molecular weight is 368 g/mol. The maximum Gasteiger partial charge on any atom is 0.244 e. The number of hydrogen-bond acceptors (Lipinski definition) is 6. The minimum atomic E-state index is -0.178. The van der Waals surface area contributed by atoms with Crippen LogP contribution in [0, 0.1) is 0 Å². The molecule has 7 heteroatoms. The summed E-state index contributed by atoms with van der Waals surface area (Å²) in [7, 11) is 0. The number of ether oxygens (including phenoxy) is 2. The Hall–Kier alpha value is -3.06. The second-order valence-corrected chi connectivity index (χ2v) is 6.59. The van der Waals surface area contributed by atoms with Crippen LogP contribution in [0.5, 0.6) is 11.5 Å². The lowest BCUT2D eigenvalue weighted by atomic mass is 10.1. The number of fused-ring (bicyclic) bond motifs is 1. The normalized spacial score (nSPS) is 13.1.